The van der Waals surface area contributed by atoms with Gasteiger partial charge in [-0.3, -0.25) is 4.79 Å². The van der Waals surface area contributed by atoms with Gasteiger partial charge in [-0.2, -0.15) is 0 Å². The van der Waals surface area contributed by atoms with Gasteiger partial charge < -0.3 is 14.4 Å². The number of ether oxygens (including phenoxy) is 1. The molecule has 0 unspecified atom stereocenters. The predicted molar refractivity (Wildman–Crippen MR) is 74.1 cm³/mol. The number of hydrogen-bond acceptors (Lipinski definition) is 5. The molecule has 2 aromatic rings. The van der Waals surface area contributed by atoms with E-state index < -0.39 is 5.56 Å². The molecule has 0 spiro atoms. The van der Waals surface area contributed by atoms with Crippen LogP contribution in [-0.4, -0.2) is 32.9 Å². The van der Waals surface area contributed by atoms with E-state index in [-0.39, 0.29) is 11.0 Å². The van der Waals surface area contributed by atoms with Crippen molar-refractivity contribution in [3.63, 3.8) is 0 Å². The van der Waals surface area contributed by atoms with E-state index in [0.717, 1.165) is 5.57 Å². The summed E-state index contributed by atoms with van der Waals surface area (Å²) < 4.78 is 6.55. The van der Waals surface area contributed by atoms with Crippen LogP contribution in [0.3, 0.4) is 0 Å². The molecule has 0 bridgehead atoms. The van der Waals surface area contributed by atoms with Gasteiger partial charge in [0.1, 0.15) is 0 Å². The van der Waals surface area contributed by atoms with Crippen LogP contribution >= 0.6 is 11.6 Å². The fourth-order valence-electron chi connectivity index (χ4n) is 2.27. The number of nitrogens with zero attached hydrogens (tertiary/aromatic N) is 3. The Labute approximate surface area is 119 Å². The van der Waals surface area contributed by atoms with Crippen molar-refractivity contribution in [2.24, 2.45) is 7.05 Å². The highest BCUT2D eigenvalue weighted by atomic mass is 35.5. The molecule has 0 fully saturated rings. The zero-order valence-corrected chi connectivity index (χ0v) is 11.5. The summed E-state index contributed by atoms with van der Waals surface area (Å²) >= 11 is 5.82. The van der Waals surface area contributed by atoms with E-state index in [4.69, 9.17) is 16.3 Å². The second-order valence-electron chi connectivity index (χ2n) is 4.62. The first-order chi connectivity index (χ1) is 9.58. The molecule has 2 aromatic heterocycles. The lowest BCUT2D eigenvalue weighted by molar-refractivity contribution is 0.207. The standard InChI is InChI=1S/C13H12ClN3O3/c1-17-9-5-15-13(14)16-10(9)8(11(18)12(17)19)4-7-2-3-20-6-7/h2,5,18H,3-4,6H2,1H3. The number of aryl methyl sites for hydroxylation is 1. The molecule has 1 N–H and O–H groups in total. The lowest BCUT2D eigenvalue weighted by atomic mass is 10.0. The van der Waals surface area contributed by atoms with Gasteiger partial charge in [-0.15, -0.1) is 0 Å². The van der Waals surface area contributed by atoms with Crippen molar-refractivity contribution in [1.82, 2.24) is 14.5 Å². The zero-order valence-electron chi connectivity index (χ0n) is 10.8. The van der Waals surface area contributed by atoms with Gasteiger partial charge in [-0.1, -0.05) is 6.08 Å². The third-order valence-electron chi connectivity index (χ3n) is 3.36. The molecule has 1 aliphatic rings. The third-order valence-corrected chi connectivity index (χ3v) is 3.54. The van der Waals surface area contributed by atoms with E-state index in [1.807, 2.05) is 6.08 Å². The summed E-state index contributed by atoms with van der Waals surface area (Å²) in [7, 11) is 1.56. The van der Waals surface area contributed by atoms with Crippen LogP contribution in [-0.2, 0) is 18.2 Å². The molecule has 7 heteroatoms. The van der Waals surface area contributed by atoms with Crippen molar-refractivity contribution in [2.45, 2.75) is 6.42 Å². The van der Waals surface area contributed by atoms with Crippen LogP contribution in [0.25, 0.3) is 11.0 Å². The zero-order chi connectivity index (χ0) is 14.3. The molecule has 0 atom stereocenters. The third kappa shape index (κ3) is 2.07. The van der Waals surface area contributed by atoms with Gasteiger partial charge in [-0.05, 0) is 17.2 Å². The van der Waals surface area contributed by atoms with E-state index in [0.29, 0.717) is 36.2 Å². The molecule has 20 heavy (non-hydrogen) atoms. The summed E-state index contributed by atoms with van der Waals surface area (Å²) in [5.74, 6) is -0.303. The molecule has 0 aliphatic carbocycles. The van der Waals surface area contributed by atoms with Crippen LogP contribution in [0.4, 0.5) is 0 Å². The Morgan fingerprint density at radius 3 is 3.05 bits per heavy atom. The Bertz CT molecular complexity index is 783. The van der Waals surface area contributed by atoms with Crippen LogP contribution in [0.2, 0.25) is 5.28 Å². The van der Waals surface area contributed by atoms with Crippen molar-refractivity contribution < 1.29 is 9.84 Å². The fraction of sp³-hybridized carbons (Fsp3) is 0.308. The van der Waals surface area contributed by atoms with Crippen molar-refractivity contribution in [3.8, 4) is 5.75 Å². The summed E-state index contributed by atoms with van der Waals surface area (Å²) in [6, 6.07) is 0. The van der Waals surface area contributed by atoms with Crippen LogP contribution in [0.15, 0.2) is 22.6 Å². The lowest BCUT2D eigenvalue weighted by Crippen LogP contribution is -2.19. The first-order valence-corrected chi connectivity index (χ1v) is 6.44. The molecule has 0 amide bonds. The molecule has 104 valence electrons. The number of aromatic nitrogens is 3. The van der Waals surface area contributed by atoms with E-state index in [1.165, 1.54) is 10.8 Å². The molecule has 6 nitrogen and oxygen atoms in total. The Kier molecular flexibility index (Phi) is 3.19. The Balaban J connectivity index is 2.27. The molecule has 3 heterocycles. The first kappa shape index (κ1) is 13.1. The average molecular weight is 294 g/mol. The SMILES string of the molecule is Cn1c(=O)c(O)c(CC2=CCOC2)c2nc(Cl)ncc21. The van der Waals surface area contributed by atoms with Gasteiger partial charge in [0.2, 0.25) is 5.28 Å². The van der Waals surface area contributed by atoms with Crippen LogP contribution in [0.1, 0.15) is 5.56 Å². The smallest absolute Gasteiger partial charge is 0.293 e. The largest absolute Gasteiger partial charge is 0.503 e. The van der Waals surface area contributed by atoms with Gasteiger partial charge in [0.15, 0.2) is 5.75 Å². The quantitative estimate of drug-likeness (QED) is 0.665. The van der Waals surface area contributed by atoms with Crippen molar-refractivity contribution in [1.29, 1.82) is 0 Å². The maximum Gasteiger partial charge on any atom is 0.293 e. The van der Waals surface area contributed by atoms with Gasteiger partial charge >= 0.3 is 0 Å². The number of aromatic hydroxyl groups is 1. The topological polar surface area (TPSA) is 77.2 Å². The van der Waals surface area contributed by atoms with Crippen LogP contribution in [0, 0.1) is 0 Å². The van der Waals surface area contributed by atoms with E-state index in [2.05, 4.69) is 9.97 Å². The Hall–Kier alpha value is -1.92. The number of halogens is 1. The van der Waals surface area contributed by atoms with E-state index in [9.17, 15) is 9.90 Å². The Morgan fingerprint density at radius 2 is 2.35 bits per heavy atom. The highest BCUT2D eigenvalue weighted by molar-refractivity contribution is 6.28. The lowest BCUT2D eigenvalue weighted by Gasteiger charge is -2.11. The maximum absolute atomic E-state index is 12.0. The molecule has 0 saturated carbocycles. The minimum absolute atomic E-state index is 0.0773. The number of rotatable bonds is 2. The number of fused-ring (bicyclic) bond motifs is 1. The second-order valence-corrected chi connectivity index (χ2v) is 4.96. The monoisotopic (exact) mass is 293 g/mol. The van der Waals surface area contributed by atoms with Crippen molar-refractivity contribution in [2.75, 3.05) is 13.2 Å². The summed E-state index contributed by atoms with van der Waals surface area (Å²) in [4.78, 5) is 20.1. The minimum Gasteiger partial charge on any atom is -0.503 e. The van der Waals surface area contributed by atoms with Gasteiger partial charge in [0.05, 0.1) is 30.4 Å². The average Bonchev–Trinajstić information content (AvgIpc) is 2.94. The number of hydrogen-bond donors (Lipinski definition) is 1. The maximum atomic E-state index is 12.0. The van der Waals surface area contributed by atoms with E-state index >= 15 is 0 Å². The molecular formula is C13H12ClN3O3. The van der Waals surface area contributed by atoms with Gasteiger partial charge in [0.25, 0.3) is 5.56 Å². The minimum atomic E-state index is -0.474. The summed E-state index contributed by atoms with van der Waals surface area (Å²) in [6.07, 6.45) is 3.83. The number of pyridine rings is 1. The fourth-order valence-corrected chi connectivity index (χ4v) is 2.41. The normalized spacial score (nSPS) is 14.8. The summed E-state index contributed by atoms with van der Waals surface area (Å²) in [6.45, 7) is 1.05. The second kappa shape index (κ2) is 4.88. The highest BCUT2D eigenvalue weighted by Crippen LogP contribution is 2.26. The van der Waals surface area contributed by atoms with Crippen molar-refractivity contribution in [3.05, 3.63) is 39.0 Å². The van der Waals surface area contributed by atoms with Gasteiger partial charge in [-0.25, -0.2) is 9.97 Å². The molecular weight excluding hydrogens is 282 g/mol. The molecule has 0 aromatic carbocycles. The molecule has 3 rings (SSSR count). The first-order valence-electron chi connectivity index (χ1n) is 6.06. The van der Waals surface area contributed by atoms with Crippen LogP contribution < -0.4 is 5.56 Å². The van der Waals surface area contributed by atoms with Crippen molar-refractivity contribution >= 4 is 22.6 Å². The van der Waals surface area contributed by atoms with E-state index in [1.54, 1.807) is 7.05 Å². The van der Waals surface area contributed by atoms with Crippen LogP contribution in [0.5, 0.6) is 5.75 Å². The molecule has 0 radical (unpaired) electrons. The predicted octanol–water partition coefficient (Wildman–Crippen LogP) is 1.19. The Morgan fingerprint density at radius 1 is 1.55 bits per heavy atom. The van der Waals surface area contributed by atoms with Gasteiger partial charge in [0, 0.05) is 19.0 Å². The highest BCUT2D eigenvalue weighted by Gasteiger charge is 2.18. The molecule has 1 aliphatic heterocycles. The summed E-state index contributed by atoms with van der Waals surface area (Å²) in [5, 5.41) is 10.2. The molecule has 0 saturated heterocycles. The summed E-state index contributed by atoms with van der Waals surface area (Å²) in [5.41, 5.74) is 2.01.